The molecule has 2 aliphatic rings. The largest absolute Gasteiger partial charge is 0.493 e. The van der Waals surface area contributed by atoms with Gasteiger partial charge in [0.1, 0.15) is 0 Å². The minimum absolute atomic E-state index is 0.114. The van der Waals surface area contributed by atoms with E-state index < -0.39 is 5.97 Å². The summed E-state index contributed by atoms with van der Waals surface area (Å²) in [5.41, 5.74) is 1.09. The van der Waals surface area contributed by atoms with Gasteiger partial charge in [0.15, 0.2) is 18.1 Å². The molecule has 1 aromatic carbocycles. The topological polar surface area (TPSA) is 65.1 Å². The molecule has 0 unspecified atom stereocenters. The molecule has 1 saturated carbocycles. The van der Waals surface area contributed by atoms with Crippen molar-refractivity contribution in [3.05, 3.63) is 29.8 Å². The first-order chi connectivity index (χ1) is 13.7. The molecule has 6 nitrogen and oxygen atoms in total. The summed E-state index contributed by atoms with van der Waals surface area (Å²) in [5, 5.41) is 0. The predicted molar refractivity (Wildman–Crippen MR) is 111 cm³/mol. The Morgan fingerprint density at radius 1 is 1.17 bits per heavy atom. The number of ether oxygens (including phenoxy) is 3. The van der Waals surface area contributed by atoms with E-state index >= 15 is 0 Å². The van der Waals surface area contributed by atoms with E-state index in [0.717, 1.165) is 25.8 Å². The van der Waals surface area contributed by atoms with Gasteiger partial charge in [0.05, 0.1) is 14.2 Å². The molecule has 29 heavy (non-hydrogen) atoms. The first kappa shape index (κ1) is 21.2. The van der Waals surface area contributed by atoms with Crippen LogP contribution in [0, 0.1) is 10.8 Å². The van der Waals surface area contributed by atoms with E-state index in [1.807, 2.05) is 17.0 Å². The van der Waals surface area contributed by atoms with Crippen molar-refractivity contribution in [3.8, 4) is 11.5 Å². The number of rotatable bonds is 6. The second kappa shape index (κ2) is 8.09. The summed E-state index contributed by atoms with van der Waals surface area (Å²) in [6, 6.07) is 5.64. The van der Waals surface area contributed by atoms with Crippen LogP contribution in [0.15, 0.2) is 24.3 Å². The molecule has 1 aliphatic heterocycles. The van der Waals surface area contributed by atoms with Crippen molar-refractivity contribution in [2.24, 2.45) is 10.8 Å². The number of para-hydroxylation sites is 1. The number of carbonyl (C=O) groups excluding carboxylic acids is 2. The zero-order valence-electron chi connectivity index (χ0n) is 18.0. The molecule has 158 valence electrons. The second-order valence-electron chi connectivity index (χ2n) is 9.26. The maximum absolute atomic E-state index is 12.7. The number of amides is 1. The minimum Gasteiger partial charge on any atom is -0.493 e. The summed E-state index contributed by atoms with van der Waals surface area (Å²) in [6.07, 6.45) is 6.05. The lowest BCUT2D eigenvalue weighted by molar-refractivity contribution is -0.148. The van der Waals surface area contributed by atoms with Crippen molar-refractivity contribution in [2.45, 2.75) is 46.1 Å². The predicted octanol–water partition coefficient (Wildman–Crippen LogP) is 3.69. The van der Waals surface area contributed by atoms with Gasteiger partial charge in [-0.25, -0.2) is 4.79 Å². The average molecular weight is 402 g/mol. The molecule has 1 amide bonds. The van der Waals surface area contributed by atoms with Crippen LogP contribution < -0.4 is 9.47 Å². The third-order valence-electron chi connectivity index (χ3n) is 5.91. The monoisotopic (exact) mass is 401 g/mol. The lowest BCUT2D eigenvalue weighted by Crippen LogP contribution is -2.39. The minimum atomic E-state index is -0.558. The lowest BCUT2D eigenvalue weighted by atomic mass is 9.65. The Bertz CT molecular complexity index is 815. The zero-order chi connectivity index (χ0) is 21.2. The maximum atomic E-state index is 12.7. The summed E-state index contributed by atoms with van der Waals surface area (Å²) >= 11 is 0. The van der Waals surface area contributed by atoms with Gasteiger partial charge >= 0.3 is 5.97 Å². The first-order valence-corrected chi connectivity index (χ1v) is 10.0. The fourth-order valence-electron chi connectivity index (χ4n) is 5.22. The number of hydrogen-bond donors (Lipinski definition) is 0. The Hall–Kier alpha value is -2.50. The van der Waals surface area contributed by atoms with Gasteiger partial charge in [0, 0.05) is 24.2 Å². The van der Waals surface area contributed by atoms with Gasteiger partial charge in [-0.15, -0.1) is 0 Å². The molecule has 2 atom stereocenters. The molecule has 1 aromatic rings. The Morgan fingerprint density at radius 2 is 1.93 bits per heavy atom. The van der Waals surface area contributed by atoms with Gasteiger partial charge in [0.25, 0.3) is 5.91 Å². The molecule has 2 bridgehead atoms. The number of nitrogens with zero attached hydrogens (tertiary/aromatic N) is 1. The van der Waals surface area contributed by atoms with Crippen LogP contribution in [0.1, 0.15) is 45.6 Å². The SMILES string of the molecule is COc1cccc(/C=C/C(=O)OCC(=O)N2C[C@]3(C)C[C@H]2CC(C)(C)C3)c1OC. The standard InChI is InChI=1S/C23H31NO5/c1-22(2)11-17-12-23(3,14-22)15-24(17)19(25)13-29-20(26)10-9-16-7-6-8-18(27-4)21(16)28-5/h6-10,17H,11-15H2,1-5H3/b10-9+/t17-,23-/m1/s1. The van der Waals surface area contributed by atoms with Crippen molar-refractivity contribution in [2.75, 3.05) is 27.4 Å². The number of esters is 1. The maximum Gasteiger partial charge on any atom is 0.331 e. The fourth-order valence-corrected chi connectivity index (χ4v) is 5.22. The van der Waals surface area contributed by atoms with Crippen LogP contribution in [0.5, 0.6) is 11.5 Å². The van der Waals surface area contributed by atoms with E-state index in [1.54, 1.807) is 26.4 Å². The first-order valence-electron chi connectivity index (χ1n) is 10.0. The van der Waals surface area contributed by atoms with Crippen LogP contribution in [-0.4, -0.2) is 50.2 Å². The van der Waals surface area contributed by atoms with Gasteiger partial charge in [-0.3, -0.25) is 4.79 Å². The van der Waals surface area contributed by atoms with Crippen molar-refractivity contribution >= 4 is 18.0 Å². The summed E-state index contributed by atoms with van der Waals surface area (Å²) < 4.78 is 15.8. The molecule has 0 aromatic heterocycles. The Kier molecular flexibility index (Phi) is 5.92. The molecule has 1 heterocycles. The molecule has 0 N–H and O–H groups in total. The number of fused-ring (bicyclic) bond motifs is 2. The van der Waals surface area contributed by atoms with Crippen LogP contribution in [0.4, 0.5) is 0 Å². The molecule has 1 saturated heterocycles. The van der Waals surface area contributed by atoms with E-state index in [0.29, 0.717) is 17.1 Å². The van der Waals surface area contributed by atoms with Crippen LogP contribution in [0.25, 0.3) is 6.08 Å². The fraction of sp³-hybridized carbons (Fsp3) is 0.565. The zero-order valence-corrected chi connectivity index (χ0v) is 18.0. The van der Waals surface area contributed by atoms with E-state index in [-0.39, 0.29) is 29.4 Å². The van der Waals surface area contributed by atoms with Crippen molar-refractivity contribution in [3.63, 3.8) is 0 Å². The molecular formula is C23H31NO5. The summed E-state index contributed by atoms with van der Waals surface area (Å²) in [7, 11) is 3.10. The van der Waals surface area contributed by atoms with Gasteiger partial charge in [-0.05, 0) is 42.2 Å². The number of benzene rings is 1. The van der Waals surface area contributed by atoms with Crippen molar-refractivity contribution in [1.29, 1.82) is 0 Å². The summed E-state index contributed by atoms with van der Waals surface area (Å²) in [4.78, 5) is 26.7. The van der Waals surface area contributed by atoms with Crippen LogP contribution in [-0.2, 0) is 14.3 Å². The van der Waals surface area contributed by atoms with Crippen molar-refractivity contribution in [1.82, 2.24) is 4.90 Å². The molecule has 0 spiro atoms. The third-order valence-corrected chi connectivity index (χ3v) is 5.91. The molecule has 0 radical (unpaired) electrons. The average Bonchev–Trinajstić information content (AvgIpc) is 2.92. The summed E-state index contributed by atoms with van der Waals surface area (Å²) in [5.74, 6) is 0.444. The Labute approximate surface area is 172 Å². The number of hydrogen-bond acceptors (Lipinski definition) is 5. The van der Waals surface area contributed by atoms with Gasteiger partial charge in [0.2, 0.25) is 0 Å². The second-order valence-corrected chi connectivity index (χ2v) is 9.26. The van der Waals surface area contributed by atoms with E-state index in [1.165, 1.54) is 6.08 Å². The number of carbonyl (C=O) groups is 2. The third kappa shape index (κ3) is 4.74. The normalized spacial score (nSPS) is 25.1. The quantitative estimate of drug-likeness (QED) is 0.537. The van der Waals surface area contributed by atoms with Crippen LogP contribution in [0.3, 0.4) is 0 Å². The molecule has 3 rings (SSSR count). The van der Waals surface area contributed by atoms with E-state index in [9.17, 15) is 9.59 Å². The highest BCUT2D eigenvalue weighted by molar-refractivity contribution is 5.90. The highest BCUT2D eigenvalue weighted by atomic mass is 16.5. The number of likely N-dealkylation sites (tertiary alicyclic amines) is 1. The van der Waals surface area contributed by atoms with Crippen molar-refractivity contribution < 1.29 is 23.8 Å². The van der Waals surface area contributed by atoms with Gasteiger partial charge < -0.3 is 19.1 Å². The smallest absolute Gasteiger partial charge is 0.331 e. The van der Waals surface area contributed by atoms with E-state index in [2.05, 4.69) is 20.8 Å². The Balaban J connectivity index is 1.58. The molecule has 6 heteroatoms. The highest BCUT2D eigenvalue weighted by Gasteiger charge is 2.50. The molecular weight excluding hydrogens is 370 g/mol. The van der Waals surface area contributed by atoms with Crippen LogP contribution in [0.2, 0.25) is 0 Å². The molecule has 2 fully saturated rings. The summed E-state index contributed by atoms with van der Waals surface area (Å²) in [6.45, 7) is 7.30. The lowest BCUT2D eigenvalue weighted by Gasteiger charge is -2.39. The number of methoxy groups -OCH3 is 2. The van der Waals surface area contributed by atoms with Gasteiger partial charge in [-0.2, -0.15) is 0 Å². The van der Waals surface area contributed by atoms with E-state index in [4.69, 9.17) is 14.2 Å². The Morgan fingerprint density at radius 3 is 2.62 bits per heavy atom. The highest BCUT2D eigenvalue weighted by Crippen LogP contribution is 2.52. The van der Waals surface area contributed by atoms with Gasteiger partial charge in [-0.1, -0.05) is 32.9 Å². The van der Waals surface area contributed by atoms with Crippen LogP contribution >= 0.6 is 0 Å². The molecule has 1 aliphatic carbocycles.